The van der Waals surface area contributed by atoms with Crippen LogP contribution in [0.3, 0.4) is 0 Å². The lowest BCUT2D eigenvalue weighted by atomic mass is 10.2. The molecule has 0 aromatic heterocycles. The van der Waals surface area contributed by atoms with E-state index in [4.69, 9.17) is 17.3 Å². The predicted molar refractivity (Wildman–Crippen MR) is 47.7 cm³/mol. The smallest absolute Gasteiger partial charge is 0.248 e. The highest BCUT2D eigenvalue weighted by atomic mass is 79.9. The molecule has 1 amide bonds. The van der Waals surface area contributed by atoms with Crippen molar-refractivity contribution in [1.82, 2.24) is 0 Å². The zero-order valence-corrected chi connectivity index (χ0v) is 7.82. The highest BCUT2D eigenvalue weighted by Gasteiger charge is 2.02. The Morgan fingerprint density at radius 3 is 2.64 bits per heavy atom. The van der Waals surface area contributed by atoms with Crippen molar-refractivity contribution in [3.05, 3.63) is 33.3 Å². The van der Waals surface area contributed by atoms with Gasteiger partial charge in [-0.3, -0.25) is 4.79 Å². The number of rotatable bonds is 1. The van der Waals surface area contributed by atoms with Crippen LogP contribution in [-0.4, -0.2) is 5.91 Å². The third kappa shape index (κ3) is 1.94. The van der Waals surface area contributed by atoms with Crippen molar-refractivity contribution in [3.63, 3.8) is 0 Å². The summed E-state index contributed by atoms with van der Waals surface area (Å²) in [6.07, 6.45) is 0. The lowest BCUT2D eigenvalue weighted by Gasteiger charge is -1.97. The molecule has 1 aromatic carbocycles. The maximum Gasteiger partial charge on any atom is 0.248 e. The number of halogens is 2. The maximum absolute atomic E-state index is 10.6. The van der Waals surface area contributed by atoms with E-state index < -0.39 is 5.91 Å². The van der Waals surface area contributed by atoms with Gasteiger partial charge in [-0.2, -0.15) is 0 Å². The molecule has 2 N–H and O–H groups in total. The summed E-state index contributed by atoms with van der Waals surface area (Å²) in [5, 5.41) is 0.487. The minimum absolute atomic E-state index is 0.415. The number of carbonyl (C=O) groups is 1. The van der Waals surface area contributed by atoms with E-state index in [1.165, 1.54) is 6.07 Å². The molecule has 0 atom stereocenters. The van der Waals surface area contributed by atoms with Gasteiger partial charge in [0.25, 0.3) is 0 Å². The van der Waals surface area contributed by atoms with Crippen molar-refractivity contribution < 1.29 is 4.79 Å². The molecule has 0 bridgehead atoms. The van der Waals surface area contributed by atoms with Crippen LogP contribution in [0.1, 0.15) is 10.4 Å². The minimum atomic E-state index is -0.473. The van der Waals surface area contributed by atoms with Gasteiger partial charge in [0.2, 0.25) is 5.91 Å². The van der Waals surface area contributed by atoms with Crippen LogP contribution < -0.4 is 5.73 Å². The van der Waals surface area contributed by atoms with Crippen LogP contribution in [0, 0.1) is 0 Å². The summed E-state index contributed by atoms with van der Waals surface area (Å²) < 4.78 is 0.754. The first kappa shape index (κ1) is 8.56. The van der Waals surface area contributed by atoms with E-state index >= 15 is 0 Å². The fourth-order valence-electron chi connectivity index (χ4n) is 0.649. The highest BCUT2D eigenvalue weighted by molar-refractivity contribution is 9.10. The second-order valence-electron chi connectivity index (χ2n) is 1.99. The average molecular weight is 234 g/mol. The summed E-state index contributed by atoms with van der Waals surface area (Å²) in [4.78, 5) is 10.6. The molecular formula is C7H5BrClNO. The molecule has 0 spiro atoms. The normalized spacial score (nSPS) is 9.64. The van der Waals surface area contributed by atoms with Crippen molar-refractivity contribution in [1.29, 1.82) is 0 Å². The fourth-order valence-corrected chi connectivity index (χ4v) is 1.08. The molecule has 2 nitrogen and oxygen atoms in total. The van der Waals surface area contributed by atoms with Gasteiger partial charge in [-0.15, -0.1) is 0 Å². The van der Waals surface area contributed by atoms with Crippen LogP contribution in [0.5, 0.6) is 0 Å². The van der Waals surface area contributed by atoms with Crippen LogP contribution in [0.4, 0.5) is 0 Å². The molecule has 0 saturated carbocycles. The van der Waals surface area contributed by atoms with Gasteiger partial charge >= 0.3 is 0 Å². The topological polar surface area (TPSA) is 43.1 Å². The van der Waals surface area contributed by atoms with E-state index in [2.05, 4.69) is 15.9 Å². The fraction of sp³-hybridized carbons (Fsp3) is 0. The number of hydrogen-bond donors (Lipinski definition) is 1. The SMILES string of the molecule is NC(=O)c1ccc(Br)c(Cl)c1. The molecule has 1 aromatic rings. The average Bonchev–Trinajstić information content (AvgIpc) is 1.94. The van der Waals surface area contributed by atoms with Gasteiger partial charge in [0.1, 0.15) is 0 Å². The molecule has 4 heteroatoms. The van der Waals surface area contributed by atoms with Crippen LogP contribution in [0.2, 0.25) is 5.02 Å². The highest BCUT2D eigenvalue weighted by Crippen LogP contribution is 2.22. The van der Waals surface area contributed by atoms with Gasteiger partial charge in [0.15, 0.2) is 0 Å². The van der Waals surface area contributed by atoms with Gasteiger partial charge in [-0.05, 0) is 34.1 Å². The van der Waals surface area contributed by atoms with Crippen molar-refractivity contribution >= 4 is 33.4 Å². The molecule has 0 unspecified atom stereocenters. The van der Waals surface area contributed by atoms with Gasteiger partial charge in [0.05, 0.1) is 5.02 Å². The molecule has 0 saturated heterocycles. The minimum Gasteiger partial charge on any atom is -0.366 e. The number of benzene rings is 1. The van der Waals surface area contributed by atoms with Gasteiger partial charge in [-0.25, -0.2) is 0 Å². The summed E-state index contributed by atoms with van der Waals surface area (Å²) in [5.41, 5.74) is 5.43. The molecule has 0 heterocycles. The molecule has 0 aliphatic rings. The summed E-state index contributed by atoms with van der Waals surface area (Å²) in [7, 11) is 0. The van der Waals surface area contributed by atoms with E-state index in [0.29, 0.717) is 10.6 Å². The summed E-state index contributed by atoms with van der Waals surface area (Å²) in [5.74, 6) is -0.473. The second-order valence-corrected chi connectivity index (χ2v) is 3.25. The number of hydrogen-bond acceptors (Lipinski definition) is 1. The Bertz CT molecular complexity index is 300. The molecule has 1 rings (SSSR count). The molecule has 0 radical (unpaired) electrons. The number of nitrogens with two attached hydrogens (primary N) is 1. The lowest BCUT2D eigenvalue weighted by Crippen LogP contribution is -2.10. The Labute approximate surface area is 77.5 Å². The summed E-state index contributed by atoms with van der Waals surface area (Å²) >= 11 is 8.90. The standard InChI is InChI=1S/C7H5BrClNO/c8-5-2-1-4(7(10)11)3-6(5)9/h1-3H,(H2,10,11). The Morgan fingerprint density at radius 1 is 1.55 bits per heavy atom. The first-order valence-electron chi connectivity index (χ1n) is 2.86. The molecule has 0 fully saturated rings. The quantitative estimate of drug-likeness (QED) is 0.795. The number of amides is 1. The zero-order valence-electron chi connectivity index (χ0n) is 5.47. The van der Waals surface area contributed by atoms with Crippen LogP contribution in [0.25, 0.3) is 0 Å². The van der Waals surface area contributed by atoms with E-state index in [0.717, 1.165) is 4.47 Å². The summed E-state index contributed by atoms with van der Waals surface area (Å²) in [6, 6.07) is 4.81. The molecule has 0 aliphatic heterocycles. The Morgan fingerprint density at radius 2 is 2.18 bits per heavy atom. The third-order valence-electron chi connectivity index (χ3n) is 1.20. The largest absolute Gasteiger partial charge is 0.366 e. The Balaban J connectivity index is 3.15. The maximum atomic E-state index is 10.6. The molecule has 0 aliphatic carbocycles. The van der Waals surface area contributed by atoms with Crippen molar-refractivity contribution in [3.8, 4) is 0 Å². The monoisotopic (exact) mass is 233 g/mol. The van der Waals surface area contributed by atoms with Crippen LogP contribution in [0.15, 0.2) is 22.7 Å². The number of primary amides is 1. The van der Waals surface area contributed by atoms with E-state index in [1.807, 2.05) is 0 Å². The van der Waals surface area contributed by atoms with E-state index in [-0.39, 0.29) is 0 Å². The predicted octanol–water partition coefficient (Wildman–Crippen LogP) is 2.20. The van der Waals surface area contributed by atoms with E-state index in [9.17, 15) is 4.79 Å². The second kappa shape index (κ2) is 3.24. The van der Waals surface area contributed by atoms with Gasteiger partial charge in [-0.1, -0.05) is 11.6 Å². The molecule has 58 valence electrons. The zero-order chi connectivity index (χ0) is 8.43. The first-order chi connectivity index (χ1) is 5.11. The first-order valence-corrected chi connectivity index (χ1v) is 4.03. The van der Waals surface area contributed by atoms with Crippen LogP contribution >= 0.6 is 27.5 Å². The van der Waals surface area contributed by atoms with Gasteiger partial charge in [0, 0.05) is 10.0 Å². The van der Waals surface area contributed by atoms with Crippen LogP contribution in [-0.2, 0) is 0 Å². The lowest BCUT2D eigenvalue weighted by molar-refractivity contribution is 0.100. The third-order valence-corrected chi connectivity index (χ3v) is 2.44. The van der Waals surface area contributed by atoms with Crippen molar-refractivity contribution in [2.45, 2.75) is 0 Å². The Hall–Kier alpha value is -0.540. The summed E-state index contributed by atoms with van der Waals surface area (Å²) in [6.45, 7) is 0. The van der Waals surface area contributed by atoms with Crippen molar-refractivity contribution in [2.75, 3.05) is 0 Å². The Kier molecular flexibility index (Phi) is 2.52. The van der Waals surface area contributed by atoms with Crippen molar-refractivity contribution in [2.24, 2.45) is 5.73 Å². The van der Waals surface area contributed by atoms with Gasteiger partial charge < -0.3 is 5.73 Å². The molecular weight excluding hydrogens is 229 g/mol. The van der Waals surface area contributed by atoms with E-state index in [1.54, 1.807) is 12.1 Å². The number of carbonyl (C=O) groups excluding carboxylic acids is 1. The molecule has 11 heavy (non-hydrogen) atoms.